The van der Waals surface area contributed by atoms with E-state index in [4.69, 9.17) is 9.72 Å². The summed E-state index contributed by atoms with van der Waals surface area (Å²) in [6.07, 6.45) is 0.974. The van der Waals surface area contributed by atoms with Crippen LogP contribution in [-0.4, -0.2) is 31.3 Å². The minimum absolute atomic E-state index is 0.242. The highest BCUT2D eigenvalue weighted by Gasteiger charge is 2.17. The van der Waals surface area contributed by atoms with Crippen molar-refractivity contribution in [1.82, 2.24) is 10.3 Å². The summed E-state index contributed by atoms with van der Waals surface area (Å²) >= 11 is 3.51. The Morgan fingerprint density at radius 3 is 2.71 bits per heavy atom. The molecule has 4 nitrogen and oxygen atoms in total. The normalized spacial score (nSPS) is 15.7. The van der Waals surface area contributed by atoms with E-state index in [1.165, 1.54) is 27.4 Å². The monoisotopic (exact) mass is 413 g/mol. The van der Waals surface area contributed by atoms with E-state index in [1.807, 2.05) is 0 Å². The van der Waals surface area contributed by atoms with Gasteiger partial charge in [-0.1, -0.05) is 6.07 Å². The first-order valence-corrected chi connectivity index (χ1v) is 11.6. The van der Waals surface area contributed by atoms with Crippen LogP contribution in [0.2, 0.25) is 0 Å². The molecule has 3 heterocycles. The van der Waals surface area contributed by atoms with Crippen molar-refractivity contribution < 1.29 is 4.74 Å². The molecule has 0 spiro atoms. The topological polar surface area (TPSA) is 37.4 Å². The molecule has 1 aliphatic rings. The fourth-order valence-electron chi connectivity index (χ4n) is 3.55. The lowest BCUT2D eigenvalue weighted by atomic mass is 10.1. The van der Waals surface area contributed by atoms with Crippen LogP contribution in [0, 0.1) is 13.8 Å². The van der Waals surface area contributed by atoms with E-state index in [9.17, 15) is 0 Å². The van der Waals surface area contributed by atoms with Crippen molar-refractivity contribution in [3.05, 3.63) is 67.8 Å². The summed E-state index contributed by atoms with van der Waals surface area (Å²) < 4.78 is 5.47. The molecule has 0 unspecified atom stereocenters. The summed E-state index contributed by atoms with van der Waals surface area (Å²) in [6.45, 7) is 8.72. The summed E-state index contributed by atoms with van der Waals surface area (Å²) in [5, 5.41) is 11.5. The Bertz CT molecular complexity index is 885. The lowest BCUT2D eigenvalue weighted by Gasteiger charge is -2.29. The number of rotatable bonds is 7. The SMILES string of the molecule is Cc1csc([C@@H](Cc2ccsc2)NCc2ccc(N3CCOCC3)cc2C)n1. The van der Waals surface area contributed by atoms with Crippen LogP contribution in [-0.2, 0) is 17.7 Å². The number of benzene rings is 1. The third-order valence-corrected chi connectivity index (χ3v) is 7.00. The van der Waals surface area contributed by atoms with Gasteiger partial charge in [-0.05, 0) is 65.9 Å². The number of anilines is 1. The van der Waals surface area contributed by atoms with Crippen molar-refractivity contribution in [2.24, 2.45) is 0 Å². The highest BCUT2D eigenvalue weighted by molar-refractivity contribution is 7.09. The molecule has 1 aromatic carbocycles. The molecule has 2 aromatic heterocycles. The van der Waals surface area contributed by atoms with Gasteiger partial charge in [0.15, 0.2) is 0 Å². The standard InChI is InChI=1S/C22H27N3OS2/c1-16-11-20(25-6-8-26-9-7-25)4-3-19(16)13-23-21(12-18-5-10-27-15-18)22-24-17(2)14-28-22/h3-5,10-11,14-15,21,23H,6-9,12-13H2,1-2H3/t21-/m1/s1. The van der Waals surface area contributed by atoms with Crippen LogP contribution in [0.4, 0.5) is 5.69 Å². The largest absolute Gasteiger partial charge is 0.378 e. The number of thiazole rings is 1. The second kappa shape index (κ2) is 9.18. The highest BCUT2D eigenvalue weighted by Crippen LogP contribution is 2.25. The molecule has 1 fully saturated rings. The zero-order valence-electron chi connectivity index (χ0n) is 16.5. The Hall–Kier alpha value is -1.73. The van der Waals surface area contributed by atoms with Crippen LogP contribution < -0.4 is 10.2 Å². The Morgan fingerprint density at radius 2 is 2.04 bits per heavy atom. The van der Waals surface area contributed by atoms with Gasteiger partial charge in [-0.2, -0.15) is 11.3 Å². The Kier molecular flexibility index (Phi) is 6.42. The molecule has 1 saturated heterocycles. The molecule has 0 saturated carbocycles. The first-order chi connectivity index (χ1) is 13.7. The summed E-state index contributed by atoms with van der Waals surface area (Å²) in [7, 11) is 0. The first-order valence-electron chi connectivity index (χ1n) is 9.78. The van der Waals surface area contributed by atoms with Gasteiger partial charge in [0.25, 0.3) is 0 Å². The van der Waals surface area contributed by atoms with Gasteiger partial charge in [-0.25, -0.2) is 4.98 Å². The second-order valence-corrected chi connectivity index (χ2v) is 8.98. The molecule has 1 aliphatic heterocycles. The van der Waals surface area contributed by atoms with Crippen LogP contribution in [0.5, 0.6) is 0 Å². The number of thiophene rings is 1. The van der Waals surface area contributed by atoms with Crippen molar-refractivity contribution in [2.75, 3.05) is 31.2 Å². The minimum Gasteiger partial charge on any atom is -0.378 e. The summed E-state index contributed by atoms with van der Waals surface area (Å²) in [4.78, 5) is 7.15. The van der Waals surface area contributed by atoms with Crippen LogP contribution in [0.3, 0.4) is 0 Å². The second-order valence-electron chi connectivity index (χ2n) is 7.31. The van der Waals surface area contributed by atoms with Crippen LogP contribution >= 0.6 is 22.7 Å². The van der Waals surface area contributed by atoms with Crippen LogP contribution in [0.25, 0.3) is 0 Å². The summed E-state index contributed by atoms with van der Waals surface area (Å²) in [5.74, 6) is 0. The third-order valence-electron chi connectivity index (χ3n) is 5.20. The predicted molar refractivity (Wildman–Crippen MR) is 119 cm³/mol. The van der Waals surface area contributed by atoms with Gasteiger partial charge in [-0.15, -0.1) is 11.3 Å². The molecule has 1 N–H and O–H groups in total. The molecule has 1 atom stereocenters. The zero-order chi connectivity index (χ0) is 19.3. The molecule has 3 aromatic rings. The Morgan fingerprint density at radius 1 is 1.18 bits per heavy atom. The molecular weight excluding hydrogens is 386 g/mol. The number of aryl methyl sites for hydroxylation is 2. The van der Waals surface area contributed by atoms with Gasteiger partial charge in [-0.3, -0.25) is 0 Å². The lowest BCUT2D eigenvalue weighted by molar-refractivity contribution is 0.122. The Balaban J connectivity index is 1.45. The molecule has 6 heteroatoms. The van der Waals surface area contributed by atoms with Gasteiger partial charge in [0.05, 0.1) is 19.3 Å². The number of hydrogen-bond donors (Lipinski definition) is 1. The number of nitrogens with zero attached hydrogens (tertiary/aromatic N) is 2. The van der Waals surface area contributed by atoms with Crippen LogP contribution in [0.15, 0.2) is 40.4 Å². The quantitative estimate of drug-likeness (QED) is 0.607. The predicted octanol–water partition coefficient (Wildman–Crippen LogP) is 4.73. The molecular formula is C22H27N3OS2. The van der Waals surface area contributed by atoms with Crippen molar-refractivity contribution in [3.63, 3.8) is 0 Å². The van der Waals surface area contributed by atoms with E-state index in [2.05, 4.69) is 64.5 Å². The smallest absolute Gasteiger partial charge is 0.110 e. The van der Waals surface area contributed by atoms with Gasteiger partial charge in [0.1, 0.15) is 5.01 Å². The van der Waals surface area contributed by atoms with E-state index < -0.39 is 0 Å². The fraction of sp³-hybridized carbons (Fsp3) is 0.409. The van der Waals surface area contributed by atoms with Gasteiger partial charge < -0.3 is 15.0 Å². The van der Waals surface area contributed by atoms with Crippen molar-refractivity contribution in [3.8, 4) is 0 Å². The summed E-state index contributed by atoms with van der Waals surface area (Å²) in [5.41, 5.74) is 6.45. The molecule has 148 valence electrons. The number of hydrogen-bond acceptors (Lipinski definition) is 6. The average molecular weight is 414 g/mol. The maximum Gasteiger partial charge on any atom is 0.110 e. The maximum atomic E-state index is 5.47. The van der Waals surface area contributed by atoms with E-state index in [0.29, 0.717) is 0 Å². The molecule has 4 rings (SSSR count). The number of nitrogens with one attached hydrogen (secondary N) is 1. The van der Waals surface area contributed by atoms with E-state index >= 15 is 0 Å². The van der Waals surface area contributed by atoms with Gasteiger partial charge >= 0.3 is 0 Å². The lowest BCUT2D eigenvalue weighted by Crippen LogP contribution is -2.36. The summed E-state index contributed by atoms with van der Waals surface area (Å²) in [6, 6.07) is 9.27. The number of ether oxygens (including phenoxy) is 1. The Labute approximate surface area is 175 Å². The molecule has 28 heavy (non-hydrogen) atoms. The van der Waals surface area contributed by atoms with E-state index in [-0.39, 0.29) is 6.04 Å². The van der Waals surface area contributed by atoms with Crippen molar-refractivity contribution >= 4 is 28.4 Å². The minimum atomic E-state index is 0.242. The maximum absolute atomic E-state index is 5.47. The van der Waals surface area contributed by atoms with E-state index in [1.54, 1.807) is 22.7 Å². The molecule has 0 amide bonds. The van der Waals surface area contributed by atoms with Gasteiger partial charge in [0, 0.05) is 36.4 Å². The van der Waals surface area contributed by atoms with E-state index in [0.717, 1.165) is 45.0 Å². The first kappa shape index (κ1) is 19.6. The highest BCUT2D eigenvalue weighted by atomic mass is 32.1. The number of morpholine rings is 1. The van der Waals surface area contributed by atoms with Crippen molar-refractivity contribution in [2.45, 2.75) is 32.9 Å². The third kappa shape index (κ3) is 4.81. The molecule has 0 bridgehead atoms. The zero-order valence-corrected chi connectivity index (χ0v) is 18.1. The average Bonchev–Trinajstić information content (AvgIpc) is 3.38. The fourth-order valence-corrected chi connectivity index (χ4v) is 5.11. The van der Waals surface area contributed by atoms with Crippen molar-refractivity contribution in [1.29, 1.82) is 0 Å². The number of aromatic nitrogens is 1. The van der Waals surface area contributed by atoms with Gasteiger partial charge in [0.2, 0.25) is 0 Å². The molecule has 0 radical (unpaired) electrons. The molecule has 0 aliphatic carbocycles. The van der Waals surface area contributed by atoms with Crippen LogP contribution in [0.1, 0.15) is 33.4 Å².